The predicted octanol–water partition coefficient (Wildman–Crippen LogP) is 1.45. The number of primary amides is 1. The molecule has 2 rings (SSSR count). The summed E-state index contributed by atoms with van der Waals surface area (Å²) in [6.45, 7) is 5.58. The molecule has 1 heterocycles. The van der Waals surface area contributed by atoms with Crippen LogP contribution in [-0.4, -0.2) is 43.1 Å². The number of carbonyl (C=O) groups is 1. The fourth-order valence-electron chi connectivity index (χ4n) is 2.43. The number of anilines is 1. The number of piperidine rings is 1. The molecular formula is C15H23N3O2. The van der Waals surface area contributed by atoms with E-state index in [0.717, 1.165) is 25.3 Å². The van der Waals surface area contributed by atoms with Gasteiger partial charge in [-0.05, 0) is 43.7 Å². The lowest BCUT2D eigenvalue weighted by molar-refractivity contribution is -0.119. The Hall–Kier alpha value is -1.75. The molecule has 0 spiro atoms. The van der Waals surface area contributed by atoms with Crippen molar-refractivity contribution < 1.29 is 9.53 Å². The van der Waals surface area contributed by atoms with Crippen LogP contribution in [0.5, 0.6) is 5.75 Å². The zero-order valence-corrected chi connectivity index (χ0v) is 12.0. The summed E-state index contributed by atoms with van der Waals surface area (Å²) < 4.78 is 5.23. The molecule has 5 nitrogen and oxygen atoms in total. The fraction of sp³-hybridized carbons (Fsp3) is 0.533. The largest absolute Gasteiger partial charge is 0.484 e. The van der Waals surface area contributed by atoms with Gasteiger partial charge in [0.15, 0.2) is 6.61 Å². The Labute approximate surface area is 120 Å². The Balaban J connectivity index is 1.80. The highest BCUT2D eigenvalue weighted by molar-refractivity contribution is 5.75. The third-order valence-electron chi connectivity index (χ3n) is 3.64. The van der Waals surface area contributed by atoms with Gasteiger partial charge in [-0.15, -0.1) is 0 Å². The number of amides is 1. The van der Waals surface area contributed by atoms with Gasteiger partial charge in [-0.2, -0.15) is 0 Å². The summed E-state index contributed by atoms with van der Waals surface area (Å²) in [5.74, 6) is 0.199. The van der Waals surface area contributed by atoms with Gasteiger partial charge in [0.25, 0.3) is 5.91 Å². The summed E-state index contributed by atoms with van der Waals surface area (Å²) >= 11 is 0. The molecular weight excluding hydrogens is 254 g/mol. The van der Waals surface area contributed by atoms with E-state index in [1.165, 1.54) is 12.8 Å². The van der Waals surface area contributed by atoms with Crippen molar-refractivity contribution >= 4 is 11.6 Å². The third kappa shape index (κ3) is 4.42. The summed E-state index contributed by atoms with van der Waals surface area (Å²) in [6, 6.07) is 8.19. The van der Waals surface area contributed by atoms with Crippen molar-refractivity contribution in [2.45, 2.75) is 25.8 Å². The lowest BCUT2D eigenvalue weighted by Gasteiger charge is -2.32. The van der Waals surface area contributed by atoms with Gasteiger partial charge in [-0.3, -0.25) is 4.79 Å². The van der Waals surface area contributed by atoms with Crippen molar-refractivity contribution in [1.29, 1.82) is 0 Å². The van der Waals surface area contributed by atoms with Crippen molar-refractivity contribution in [2.75, 3.05) is 31.6 Å². The van der Waals surface area contributed by atoms with E-state index in [4.69, 9.17) is 10.5 Å². The molecule has 1 amide bonds. The van der Waals surface area contributed by atoms with E-state index in [1.807, 2.05) is 24.3 Å². The molecule has 0 radical (unpaired) electrons. The van der Waals surface area contributed by atoms with Crippen LogP contribution in [0.15, 0.2) is 24.3 Å². The van der Waals surface area contributed by atoms with Crippen LogP contribution >= 0.6 is 0 Å². The van der Waals surface area contributed by atoms with Gasteiger partial charge in [-0.25, -0.2) is 0 Å². The number of benzene rings is 1. The number of nitrogens with one attached hydrogen (secondary N) is 1. The van der Waals surface area contributed by atoms with Crippen molar-refractivity contribution in [3.8, 4) is 5.75 Å². The number of nitrogens with two attached hydrogens (primary N) is 1. The first-order valence-electron chi connectivity index (χ1n) is 7.17. The summed E-state index contributed by atoms with van der Waals surface area (Å²) in [6.07, 6.45) is 2.35. The van der Waals surface area contributed by atoms with Gasteiger partial charge in [-0.1, -0.05) is 6.92 Å². The van der Waals surface area contributed by atoms with Crippen molar-refractivity contribution in [3.05, 3.63) is 24.3 Å². The fourth-order valence-corrected chi connectivity index (χ4v) is 2.43. The quantitative estimate of drug-likeness (QED) is 0.826. The number of hydrogen-bond acceptors (Lipinski definition) is 4. The normalized spacial score (nSPS) is 16.9. The lowest BCUT2D eigenvalue weighted by atomic mass is 10.0. The Kier molecular flexibility index (Phi) is 5.24. The van der Waals surface area contributed by atoms with Gasteiger partial charge in [0.1, 0.15) is 5.75 Å². The average molecular weight is 277 g/mol. The smallest absolute Gasteiger partial charge is 0.255 e. The minimum absolute atomic E-state index is 0.0811. The first kappa shape index (κ1) is 14.7. The number of nitrogens with zero attached hydrogens (tertiary/aromatic N) is 1. The maximum atomic E-state index is 10.6. The average Bonchev–Trinajstić information content (AvgIpc) is 2.47. The molecule has 0 saturated carbocycles. The first-order valence-corrected chi connectivity index (χ1v) is 7.17. The number of carbonyl (C=O) groups excluding carboxylic acids is 1. The maximum Gasteiger partial charge on any atom is 0.255 e. The molecule has 0 bridgehead atoms. The highest BCUT2D eigenvalue weighted by Gasteiger charge is 2.17. The summed E-state index contributed by atoms with van der Waals surface area (Å²) in [5, 5.41) is 3.54. The van der Waals surface area contributed by atoms with E-state index in [9.17, 15) is 4.79 Å². The Morgan fingerprint density at radius 2 is 2.00 bits per heavy atom. The minimum Gasteiger partial charge on any atom is -0.484 e. The molecule has 5 heteroatoms. The highest BCUT2D eigenvalue weighted by Crippen LogP contribution is 2.19. The Morgan fingerprint density at radius 1 is 1.35 bits per heavy atom. The van der Waals surface area contributed by atoms with Crippen LogP contribution in [0.4, 0.5) is 5.69 Å². The van der Waals surface area contributed by atoms with Crippen LogP contribution < -0.4 is 15.8 Å². The number of ether oxygens (including phenoxy) is 1. The van der Waals surface area contributed by atoms with Gasteiger partial charge in [0, 0.05) is 24.8 Å². The van der Waals surface area contributed by atoms with Crippen molar-refractivity contribution in [1.82, 2.24) is 4.90 Å². The molecule has 0 aliphatic carbocycles. The molecule has 0 unspecified atom stereocenters. The van der Waals surface area contributed by atoms with Crippen LogP contribution in [-0.2, 0) is 4.79 Å². The van der Waals surface area contributed by atoms with Crippen molar-refractivity contribution in [3.63, 3.8) is 0 Å². The topological polar surface area (TPSA) is 67.6 Å². The van der Waals surface area contributed by atoms with E-state index in [0.29, 0.717) is 11.8 Å². The number of rotatable bonds is 6. The van der Waals surface area contributed by atoms with Crippen LogP contribution in [0.25, 0.3) is 0 Å². The van der Waals surface area contributed by atoms with Crippen LogP contribution in [0.3, 0.4) is 0 Å². The second-order valence-electron chi connectivity index (χ2n) is 5.13. The molecule has 1 fully saturated rings. The van der Waals surface area contributed by atoms with Gasteiger partial charge >= 0.3 is 0 Å². The van der Waals surface area contributed by atoms with E-state index in [1.54, 1.807) is 0 Å². The zero-order chi connectivity index (χ0) is 14.4. The summed E-state index contributed by atoms with van der Waals surface area (Å²) in [4.78, 5) is 13.1. The van der Waals surface area contributed by atoms with Crippen LogP contribution in [0, 0.1) is 0 Å². The second kappa shape index (κ2) is 7.14. The van der Waals surface area contributed by atoms with E-state index >= 15 is 0 Å². The predicted molar refractivity (Wildman–Crippen MR) is 79.9 cm³/mol. The molecule has 0 aromatic heterocycles. The molecule has 1 aromatic carbocycles. The van der Waals surface area contributed by atoms with Crippen molar-refractivity contribution in [2.24, 2.45) is 5.73 Å². The molecule has 1 aliphatic rings. The molecule has 110 valence electrons. The summed E-state index contributed by atoms with van der Waals surface area (Å²) in [5.41, 5.74) is 6.13. The second-order valence-corrected chi connectivity index (χ2v) is 5.13. The first-order chi connectivity index (χ1) is 9.67. The monoisotopic (exact) mass is 277 g/mol. The Morgan fingerprint density at radius 3 is 2.55 bits per heavy atom. The SMILES string of the molecule is CCN1CCC(Nc2ccc(OCC(N)=O)cc2)CC1. The lowest BCUT2D eigenvalue weighted by Crippen LogP contribution is -2.38. The number of likely N-dealkylation sites (tertiary alicyclic amines) is 1. The van der Waals surface area contributed by atoms with Crippen LogP contribution in [0.1, 0.15) is 19.8 Å². The number of hydrogen-bond donors (Lipinski definition) is 2. The molecule has 1 aliphatic heterocycles. The Bertz CT molecular complexity index is 425. The van der Waals surface area contributed by atoms with Crippen LogP contribution in [0.2, 0.25) is 0 Å². The molecule has 1 saturated heterocycles. The van der Waals surface area contributed by atoms with E-state index in [-0.39, 0.29) is 6.61 Å². The van der Waals surface area contributed by atoms with E-state index in [2.05, 4.69) is 17.1 Å². The zero-order valence-electron chi connectivity index (χ0n) is 12.0. The maximum absolute atomic E-state index is 10.6. The molecule has 3 N–H and O–H groups in total. The highest BCUT2D eigenvalue weighted by atomic mass is 16.5. The van der Waals surface area contributed by atoms with Gasteiger partial charge in [0.2, 0.25) is 0 Å². The van der Waals surface area contributed by atoms with E-state index < -0.39 is 5.91 Å². The molecule has 1 aromatic rings. The molecule has 0 atom stereocenters. The van der Waals surface area contributed by atoms with Gasteiger partial charge in [0.05, 0.1) is 0 Å². The summed E-state index contributed by atoms with van der Waals surface area (Å²) in [7, 11) is 0. The minimum atomic E-state index is -0.463. The van der Waals surface area contributed by atoms with Gasteiger partial charge < -0.3 is 20.7 Å². The third-order valence-corrected chi connectivity index (χ3v) is 3.64. The molecule has 20 heavy (non-hydrogen) atoms. The standard InChI is InChI=1S/C15H23N3O2/c1-2-18-9-7-13(8-10-18)17-12-3-5-14(6-4-12)20-11-15(16)19/h3-6,13,17H,2,7-11H2,1H3,(H2,16,19).